The minimum atomic E-state index is -4.47. The second-order valence-corrected chi connectivity index (χ2v) is 7.88. The molecule has 1 amide bonds. The molecule has 0 radical (unpaired) electrons. The SMILES string of the molecule is CNC(=O)c1cc(-c2cc(-c3cc(-c4cncc(C(F)(F)F)c4)ccc3C)cc(C)n2)ccn1. The molecule has 0 aliphatic heterocycles. The maximum atomic E-state index is 13.2. The lowest BCUT2D eigenvalue weighted by Crippen LogP contribution is -2.19. The molecule has 0 spiro atoms. The third kappa shape index (κ3) is 4.80. The predicted molar refractivity (Wildman–Crippen MR) is 124 cm³/mol. The Morgan fingerprint density at radius 3 is 2.41 bits per heavy atom. The normalized spacial score (nSPS) is 11.4. The van der Waals surface area contributed by atoms with Crippen LogP contribution < -0.4 is 5.32 Å². The number of hydrogen-bond acceptors (Lipinski definition) is 4. The molecule has 172 valence electrons. The number of carbonyl (C=O) groups is 1. The highest BCUT2D eigenvalue weighted by Gasteiger charge is 2.31. The third-order valence-corrected chi connectivity index (χ3v) is 5.42. The van der Waals surface area contributed by atoms with Crippen LogP contribution >= 0.6 is 0 Å². The molecule has 0 atom stereocenters. The Hall–Kier alpha value is -4.07. The van der Waals surface area contributed by atoms with Crippen molar-refractivity contribution in [2.45, 2.75) is 20.0 Å². The Kier molecular flexibility index (Phi) is 6.15. The summed E-state index contributed by atoms with van der Waals surface area (Å²) < 4.78 is 39.5. The van der Waals surface area contributed by atoms with Crippen molar-refractivity contribution in [3.63, 3.8) is 0 Å². The molecule has 1 aromatic carbocycles. The summed E-state index contributed by atoms with van der Waals surface area (Å²) >= 11 is 0. The maximum Gasteiger partial charge on any atom is 0.417 e. The van der Waals surface area contributed by atoms with Crippen LogP contribution in [0.25, 0.3) is 33.5 Å². The maximum absolute atomic E-state index is 13.2. The van der Waals surface area contributed by atoms with Gasteiger partial charge in [-0.2, -0.15) is 13.2 Å². The molecule has 0 aliphatic carbocycles. The zero-order valence-corrected chi connectivity index (χ0v) is 18.7. The van der Waals surface area contributed by atoms with Crippen LogP contribution in [0.15, 0.2) is 67.1 Å². The van der Waals surface area contributed by atoms with Crippen LogP contribution in [0.5, 0.6) is 0 Å². The van der Waals surface area contributed by atoms with E-state index in [-0.39, 0.29) is 11.6 Å². The number of nitrogens with one attached hydrogen (secondary N) is 1. The van der Waals surface area contributed by atoms with Crippen LogP contribution in [0.2, 0.25) is 0 Å². The van der Waals surface area contributed by atoms with Crippen LogP contribution in [-0.4, -0.2) is 27.9 Å². The topological polar surface area (TPSA) is 67.8 Å². The first kappa shape index (κ1) is 23.1. The van der Waals surface area contributed by atoms with Gasteiger partial charge in [-0.3, -0.25) is 19.7 Å². The molecule has 1 N–H and O–H groups in total. The molecule has 0 saturated carbocycles. The largest absolute Gasteiger partial charge is 0.417 e. The van der Waals surface area contributed by atoms with Gasteiger partial charge in [0.15, 0.2) is 0 Å². The average molecular weight is 462 g/mol. The molecule has 0 saturated heterocycles. The number of alkyl halides is 3. The summed E-state index contributed by atoms with van der Waals surface area (Å²) in [5.74, 6) is -0.298. The first-order valence-electron chi connectivity index (χ1n) is 10.5. The molecule has 8 heteroatoms. The number of pyridine rings is 3. The Bertz CT molecular complexity index is 1380. The summed E-state index contributed by atoms with van der Waals surface area (Å²) in [6.07, 6.45) is -0.676. The molecule has 5 nitrogen and oxygen atoms in total. The number of rotatable bonds is 4. The highest BCUT2D eigenvalue weighted by atomic mass is 19.4. The lowest BCUT2D eigenvalue weighted by atomic mass is 9.94. The van der Waals surface area contributed by atoms with E-state index in [0.717, 1.165) is 40.2 Å². The number of aromatic nitrogens is 3. The van der Waals surface area contributed by atoms with Gasteiger partial charge in [0.1, 0.15) is 5.69 Å². The average Bonchev–Trinajstić information content (AvgIpc) is 2.83. The molecule has 34 heavy (non-hydrogen) atoms. The number of nitrogens with zero attached hydrogens (tertiary/aromatic N) is 3. The highest BCUT2D eigenvalue weighted by molar-refractivity contribution is 5.93. The zero-order valence-electron chi connectivity index (χ0n) is 18.7. The van der Waals surface area contributed by atoms with Gasteiger partial charge < -0.3 is 5.32 Å². The van der Waals surface area contributed by atoms with Gasteiger partial charge in [-0.05, 0) is 72.5 Å². The summed E-state index contributed by atoms with van der Waals surface area (Å²) in [6.45, 7) is 3.80. The summed E-state index contributed by atoms with van der Waals surface area (Å²) in [7, 11) is 1.54. The summed E-state index contributed by atoms with van der Waals surface area (Å²) in [5.41, 5.74) is 5.33. The number of benzene rings is 1. The monoisotopic (exact) mass is 462 g/mol. The van der Waals surface area contributed by atoms with E-state index < -0.39 is 11.7 Å². The van der Waals surface area contributed by atoms with Gasteiger partial charge >= 0.3 is 6.18 Å². The van der Waals surface area contributed by atoms with E-state index >= 15 is 0 Å². The molecule has 0 bridgehead atoms. The van der Waals surface area contributed by atoms with E-state index in [1.807, 2.05) is 38.1 Å². The van der Waals surface area contributed by atoms with Gasteiger partial charge in [0.25, 0.3) is 5.91 Å². The molecule has 3 heterocycles. The minimum absolute atomic E-state index is 0.278. The standard InChI is InChI=1S/C26H21F3N4O/c1-15-4-5-17(20-9-21(14-31-13-20)26(27,28)29)10-22(15)19-8-16(2)33-23(12-19)18-6-7-32-24(11-18)25(34)30-3/h4-14H,1-3H3,(H,30,34). The molecule has 4 aromatic rings. The highest BCUT2D eigenvalue weighted by Crippen LogP contribution is 2.34. The summed E-state index contributed by atoms with van der Waals surface area (Å²) in [6, 6.07) is 13.9. The molecule has 0 fully saturated rings. The van der Waals surface area contributed by atoms with Crippen LogP contribution in [0.1, 0.15) is 27.3 Å². The molecule has 3 aromatic heterocycles. The molecular formula is C26H21F3N4O. The number of hydrogen-bond donors (Lipinski definition) is 1. The lowest BCUT2D eigenvalue weighted by molar-refractivity contribution is -0.137. The summed E-state index contributed by atoms with van der Waals surface area (Å²) in [5, 5.41) is 2.55. The smallest absolute Gasteiger partial charge is 0.354 e. The van der Waals surface area contributed by atoms with Crippen molar-refractivity contribution in [2.75, 3.05) is 7.05 Å². The second-order valence-electron chi connectivity index (χ2n) is 7.88. The fourth-order valence-corrected chi connectivity index (χ4v) is 3.68. The van der Waals surface area contributed by atoms with Crippen molar-refractivity contribution in [1.82, 2.24) is 20.3 Å². The summed E-state index contributed by atoms with van der Waals surface area (Å²) in [4.78, 5) is 24.5. The Balaban J connectivity index is 1.79. The lowest BCUT2D eigenvalue weighted by Gasteiger charge is -2.13. The Morgan fingerprint density at radius 1 is 0.882 bits per heavy atom. The van der Waals surface area contributed by atoms with Crippen LogP contribution in [0, 0.1) is 13.8 Å². The van der Waals surface area contributed by atoms with Crippen molar-refractivity contribution in [3.8, 4) is 33.5 Å². The predicted octanol–water partition coefficient (Wildman–Crippen LogP) is 5.87. The Labute approximate surface area is 194 Å². The fourth-order valence-electron chi connectivity index (χ4n) is 3.68. The van der Waals surface area contributed by atoms with Crippen LogP contribution in [-0.2, 0) is 6.18 Å². The van der Waals surface area contributed by atoms with Gasteiger partial charge in [0.05, 0.1) is 11.3 Å². The molecule has 0 aliphatic rings. The Morgan fingerprint density at radius 2 is 1.68 bits per heavy atom. The van der Waals surface area contributed by atoms with Crippen molar-refractivity contribution < 1.29 is 18.0 Å². The van der Waals surface area contributed by atoms with Gasteiger partial charge in [0.2, 0.25) is 0 Å². The van der Waals surface area contributed by atoms with Crippen molar-refractivity contribution in [1.29, 1.82) is 0 Å². The van der Waals surface area contributed by atoms with Crippen molar-refractivity contribution >= 4 is 5.91 Å². The van der Waals surface area contributed by atoms with Gasteiger partial charge in [-0.25, -0.2) is 0 Å². The van der Waals surface area contributed by atoms with E-state index in [9.17, 15) is 18.0 Å². The third-order valence-electron chi connectivity index (χ3n) is 5.42. The van der Waals surface area contributed by atoms with Gasteiger partial charge in [0, 0.05) is 42.5 Å². The zero-order chi connectivity index (χ0) is 24.5. The minimum Gasteiger partial charge on any atom is -0.354 e. The van der Waals surface area contributed by atoms with E-state index in [1.165, 1.54) is 13.2 Å². The van der Waals surface area contributed by atoms with Crippen molar-refractivity contribution in [2.24, 2.45) is 0 Å². The van der Waals surface area contributed by atoms with Crippen molar-refractivity contribution in [3.05, 3.63) is 89.6 Å². The molecule has 4 rings (SSSR count). The van der Waals surface area contributed by atoms with E-state index in [4.69, 9.17) is 0 Å². The van der Waals surface area contributed by atoms with Crippen LogP contribution in [0.3, 0.4) is 0 Å². The van der Waals surface area contributed by atoms with E-state index in [2.05, 4.69) is 20.3 Å². The number of amides is 1. The quantitative estimate of drug-likeness (QED) is 0.412. The fraction of sp³-hybridized carbons (Fsp3) is 0.154. The van der Waals surface area contributed by atoms with E-state index in [0.29, 0.717) is 16.8 Å². The van der Waals surface area contributed by atoms with Gasteiger partial charge in [-0.15, -0.1) is 0 Å². The second kappa shape index (κ2) is 9.05. The van der Waals surface area contributed by atoms with E-state index in [1.54, 1.807) is 24.4 Å². The molecule has 0 unspecified atom stereocenters. The van der Waals surface area contributed by atoms with Gasteiger partial charge in [-0.1, -0.05) is 12.1 Å². The molecular weight excluding hydrogens is 441 g/mol. The number of halogens is 3. The number of carbonyl (C=O) groups excluding carboxylic acids is 1. The first-order chi connectivity index (χ1) is 16.2. The first-order valence-corrected chi connectivity index (χ1v) is 10.5. The van der Waals surface area contributed by atoms with Crippen LogP contribution in [0.4, 0.5) is 13.2 Å². The number of aryl methyl sites for hydroxylation is 2.